The van der Waals surface area contributed by atoms with Crippen LogP contribution in [0.5, 0.6) is 5.75 Å². The first-order valence-corrected chi connectivity index (χ1v) is 14.5. The lowest BCUT2D eigenvalue weighted by atomic mass is 9.87. The fraction of sp³-hybridized carbons (Fsp3) is 0.152. The molecule has 4 rings (SSSR count). The van der Waals surface area contributed by atoms with Gasteiger partial charge in [0.1, 0.15) is 17.3 Å². The van der Waals surface area contributed by atoms with Crippen LogP contribution in [0.4, 0.5) is 5.69 Å². The summed E-state index contributed by atoms with van der Waals surface area (Å²) in [5.41, 5.74) is 3.35. The highest BCUT2D eigenvalue weighted by atomic mass is 32.2. The van der Waals surface area contributed by atoms with Gasteiger partial charge in [0.25, 0.3) is 21.8 Å². The van der Waals surface area contributed by atoms with Crippen molar-refractivity contribution in [2.75, 3.05) is 5.32 Å². The molecule has 0 saturated carbocycles. The van der Waals surface area contributed by atoms with Crippen LogP contribution < -0.4 is 14.8 Å². The molecule has 0 spiro atoms. The largest absolute Gasteiger partial charge is 0.489 e. The molecule has 2 N–H and O–H groups in total. The zero-order valence-electron chi connectivity index (χ0n) is 23.1. The van der Waals surface area contributed by atoms with Gasteiger partial charge in [-0.1, -0.05) is 93.6 Å². The number of hydrogen-bond donors (Lipinski definition) is 2. The molecule has 0 aliphatic heterocycles. The Kier molecular flexibility index (Phi) is 9.04. The zero-order valence-corrected chi connectivity index (χ0v) is 23.9. The van der Waals surface area contributed by atoms with Crippen molar-refractivity contribution in [3.8, 4) is 5.75 Å². The fourth-order valence-electron chi connectivity index (χ4n) is 3.95. The van der Waals surface area contributed by atoms with Gasteiger partial charge in [0.05, 0.1) is 5.69 Å². The number of amides is 2. The lowest BCUT2D eigenvalue weighted by molar-refractivity contribution is -0.114. The second-order valence-electron chi connectivity index (χ2n) is 10.4. The van der Waals surface area contributed by atoms with E-state index in [0.29, 0.717) is 12.4 Å². The summed E-state index contributed by atoms with van der Waals surface area (Å²) >= 11 is 0. The first kappa shape index (κ1) is 29.3. The number of anilines is 1. The van der Waals surface area contributed by atoms with E-state index < -0.39 is 21.8 Å². The van der Waals surface area contributed by atoms with Gasteiger partial charge in [0.15, 0.2) is 0 Å². The molecule has 41 heavy (non-hydrogen) atoms. The summed E-state index contributed by atoms with van der Waals surface area (Å²) in [6.45, 7) is 6.80. The van der Waals surface area contributed by atoms with E-state index in [0.717, 1.165) is 17.2 Å². The quantitative estimate of drug-likeness (QED) is 0.230. The van der Waals surface area contributed by atoms with Gasteiger partial charge in [-0.2, -0.15) is 0 Å². The van der Waals surface area contributed by atoms with Crippen LogP contribution in [0.15, 0.2) is 114 Å². The Morgan fingerprint density at radius 1 is 0.829 bits per heavy atom. The Labute approximate surface area is 240 Å². The number of sulfonamides is 1. The topological polar surface area (TPSA) is 102 Å². The van der Waals surface area contributed by atoms with Gasteiger partial charge in [-0.05, 0) is 58.5 Å². The molecule has 4 aromatic carbocycles. The Bertz CT molecular complexity index is 1660. The molecule has 0 unspecified atom stereocenters. The molecule has 2 amide bonds. The van der Waals surface area contributed by atoms with Crippen molar-refractivity contribution < 1.29 is 22.7 Å². The molecule has 210 valence electrons. The van der Waals surface area contributed by atoms with Gasteiger partial charge in [-0.15, -0.1) is 0 Å². The van der Waals surface area contributed by atoms with Gasteiger partial charge in [0.2, 0.25) is 0 Å². The minimum atomic E-state index is -4.27. The molecule has 0 saturated heterocycles. The standard InChI is InChI=1S/C33H32N2O5S/c1-33(2,3)27-19-16-25(17-20-27)23-40-28-13-9-12-26(22-28)32(37)34-29-14-7-8-15-30(29)41(38,39)35-31(36)21-18-24-10-5-4-6-11-24/h4-22H,23H2,1-3H3,(H,34,37)(H,35,36)/b21-18+. The van der Waals surface area contributed by atoms with Crippen molar-refractivity contribution >= 4 is 33.6 Å². The molecular formula is C33H32N2O5S. The molecule has 8 heteroatoms. The summed E-state index contributed by atoms with van der Waals surface area (Å²) in [6.07, 6.45) is 2.65. The smallest absolute Gasteiger partial charge is 0.266 e. The minimum absolute atomic E-state index is 0.0371. The summed E-state index contributed by atoms with van der Waals surface area (Å²) in [6, 6.07) is 29.7. The highest BCUT2D eigenvalue weighted by molar-refractivity contribution is 7.90. The molecular weight excluding hydrogens is 536 g/mol. The van der Waals surface area contributed by atoms with E-state index >= 15 is 0 Å². The summed E-state index contributed by atoms with van der Waals surface area (Å²) in [7, 11) is -4.27. The van der Waals surface area contributed by atoms with Crippen LogP contribution in [-0.4, -0.2) is 20.2 Å². The molecule has 0 fully saturated rings. The van der Waals surface area contributed by atoms with Crippen LogP contribution in [0.25, 0.3) is 6.08 Å². The molecule has 0 bridgehead atoms. The normalized spacial score (nSPS) is 11.7. The van der Waals surface area contributed by atoms with Crippen LogP contribution in [0.3, 0.4) is 0 Å². The first-order chi connectivity index (χ1) is 19.5. The van der Waals surface area contributed by atoms with Crippen LogP contribution in [0.2, 0.25) is 0 Å². The maximum absolute atomic E-state index is 13.1. The van der Waals surface area contributed by atoms with E-state index in [1.807, 2.05) is 22.9 Å². The second-order valence-corrected chi connectivity index (χ2v) is 12.1. The number of ether oxygens (including phenoxy) is 1. The SMILES string of the molecule is CC(C)(C)c1ccc(COc2cccc(C(=O)Nc3ccccc3S(=O)(=O)NC(=O)/C=C/c3ccccc3)c2)cc1. The van der Waals surface area contributed by atoms with Crippen LogP contribution in [-0.2, 0) is 26.8 Å². The van der Waals surface area contributed by atoms with E-state index in [2.05, 4.69) is 38.2 Å². The number of rotatable bonds is 9. The van der Waals surface area contributed by atoms with Crippen molar-refractivity contribution in [2.24, 2.45) is 0 Å². The van der Waals surface area contributed by atoms with Crippen molar-refractivity contribution in [3.63, 3.8) is 0 Å². The Balaban J connectivity index is 1.42. The van der Waals surface area contributed by atoms with Gasteiger partial charge in [0, 0.05) is 11.6 Å². The molecule has 7 nitrogen and oxygen atoms in total. The highest BCUT2D eigenvalue weighted by Gasteiger charge is 2.22. The fourth-order valence-corrected chi connectivity index (χ4v) is 5.06. The van der Waals surface area contributed by atoms with Gasteiger partial charge < -0.3 is 10.1 Å². The number of nitrogens with one attached hydrogen (secondary N) is 2. The zero-order chi connectivity index (χ0) is 29.5. The summed E-state index contributed by atoms with van der Waals surface area (Å²) in [5.74, 6) is -0.841. The van der Waals surface area contributed by atoms with Crippen molar-refractivity contribution in [2.45, 2.75) is 37.7 Å². The molecule has 0 heterocycles. The van der Waals surface area contributed by atoms with Crippen molar-refractivity contribution in [1.82, 2.24) is 4.72 Å². The lowest BCUT2D eigenvalue weighted by Crippen LogP contribution is -2.30. The average molecular weight is 569 g/mol. The van der Waals surface area contributed by atoms with Gasteiger partial charge >= 0.3 is 0 Å². The maximum atomic E-state index is 13.1. The third kappa shape index (κ3) is 8.16. The van der Waals surface area contributed by atoms with Crippen LogP contribution in [0, 0.1) is 0 Å². The maximum Gasteiger partial charge on any atom is 0.266 e. The molecule has 0 atom stereocenters. The van der Waals surface area contributed by atoms with E-state index in [1.165, 1.54) is 29.8 Å². The molecule has 0 aliphatic carbocycles. The summed E-state index contributed by atoms with van der Waals surface area (Å²) in [4.78, 5) is 25.2. The number of carbonyl (C=O) groups excluding carboxylic acids is 2. The summed E-state index contributed by atoms with van der Waals surface area (Å²) in [5, 5.41) is 2.64. The van der Waals surface area contributed by atoms with E-state index in [-0.39, 0.29) is 21.6 Å². The predicted octanol–water partition coefficient (Wildman–Crippen LogP) is 6.33. The Morgan fingerprint density at radius 2 is 1.51 bits per heavy atom. The molecule has 0 radical (unpaired) electrons. The third-order valence-electron chi connectivity index (χ3n) is 6.21. The molecule has 4 aromatic rings. The van der Waals surface area contributed by atoms with Gasteiger partial charge in [-0.25, -0.2) is 13.1 Å². The number of carbonyl (C=O) groups is 2. The number of hydrogen-bond acceptors (Lipinski definition) is 5. The van der Waals surface area contributed by atoms with Crippen molar-refractivity contribution in [3.05, 3.63) is 131 Å². The monoisotopic (exact) mass is 568 g/mol. The van der Waals surface area contributed by atoms with Crippen LogP contribution in [0.1, 0.15) is 47.8 Å². The minimum Gasteiger partial charge on any atom is -0.489 e. The number of para-hydroxylation sites is 1. The lowest BCUT2D eigenvalue weighted by Gasteiger charge is -2.19. The Morgan fingerprint density at radius 3 is 2.22 bits per heavy atom. The molecule has 0 aromatic heterocycles. The Hall–Kier alpha value is -4.69. The van der Waals surface area contributed by atoms with E-state index in [9.17, 15) is 18.0 Å². The molecule has 0 aliphatic rings. The van der Waals surface area contributed by atoms with Gasteiger partial charge in [-0.3, -0.25) is 9.59 Å². The average Bonchev–Trinajstić information content (AvgIpc) is 2.95. The highest BCUT2D eigenvalue weighted by Crippen LogP contribution is 2.24. The van der Waals surface area contributed by atoms with E-state index in [1.54, 1.807) is 54.6 Å². The second kappa shape index (κ2) is 12.7. The number of benzene rings is 4. The third-order valence-corrected chi connectivity index (χ3v) is 7.61. The van der Waals surface area contributed by atoms with E-state index in [4.69, 9.17) is 4.74 Å². The predicted molar refractivity (Wildman–Crippen MR) is 161 cm³/mol. The first-order valence-electron chi connectivity index (χ1n) is 13.0. The van der Waals surface area contributed by atoms with Crippen molar-refractivity contribution in [1.29, 1.82) is 0 Å². The van der Waals surface area contributed by atoms with Crippen LogP contribution >= 0.6 is 0 Å². The summed E-state index contributed by atoms with van der Waals surface area (Å²) < 4.78 is 33.9.